The molecule has 0 saturated heterocycles. The van der Waals surface area contributed by atoms with Gasteiger partial charge in [-0.2, -0.15) is 10.4 Å². The summed E-state index contributed by atoms with van der Waals surface area (Å²) in [6.45, 7) is 0.337. The number of fused-ring (bicyclic) bond motifs is 1. The zero-order chi connectivity index (χ0) is 26.6. The van der Waals surface area contributed by atoms with Crippen LogP contribution in [0.1, 0.15) is 16.1 Å². The molecule has 7 heteroatoms. The smallest absolute Gasteiger partial charge is 0.135 e. The maximum absolute atomic E-state index is 13.2. The normalized spacial score (nSPS) is 11.4. The molecule has 0 fully saturated rings. The third kappa shape index (κ3) is 5.33. The van der Waals surface area contributed by atoms with Crippen LogP contribution in [0.15, 0.2) is 109 Å². The maximum Gasteiger partial charge on any atom is 0.135 e. The molecule has 0 amide bonds. The van der Waals surface area contributed by atoms with E-state index in [9.17, 15) is 9.65 Å². The van der Waals surface area contributed by atoms with Gasteiger partial charge in [-0.25, -0.2) is 14.1 Å². The number of para-hydroxylation sites is 2. The van der Waals surface area contributed by atoms with Crippen LogP contribution in [-0.4, -0.2) is 14.8 Å². The number of rotatable bonds is 7. The highest BCUT2D eigenvalue weighted by atomic mass is 32.1. The summed E-state index contributed by atoms with van der Waals surface area (Å²) < 4.78 is 21.9. The van der Waals surface area contributed by atoms with Crippen molar-refractivity contribution in [1.82, 2.24) is 14.8 Å². The summed E-state index contributed by atoms with van der Waals surface area (Å²) >= 11 is 1.49. The monoisotopic (exact) mass is 528 g/mol. The molecule has 4 aromatic carbocycles. The molecule has 5 nitrogen and oxygen atoms in total. The molecule has 39 heavy (non-hydrogen) atoms. The maximum atomic E-state index is 13.2. The molecular formula is C32H21FN4OS. The van der Waals surface area contributed by atoms with Gasteiger partial charge in [-0.05, 0) is 72.3 Å². The second kappa shape index (κ2) is 10.7. The minimum Gasteiger partial charge on any atom is -0.489 e. The van der Waals surface area contributed by atoms with Gasteiger partial charge in [0, 0.05) is 17.3 Å². The van der Waals surface area contributed by atoms with Gasteiger partial charge >= 0.3 is 0 Å². The molecule has 0 aliphatic heterocycles. The molecule has 0 N–H and O–H groups in total. The zero-order valence-corrected chi connectivity index (χ0v) is 21.5. The highest BCUT2D eigenvalue weighted by Crippen LogP contribution is 2.32. The highest BCUT2D eigenvalue weighted by molar-refractivity contribution is 7.19. The van der Waals surface area contributed by atoms with E-state index in [1.54, 1.807) is 12.1 Å². The summed E-state index contributed by atoms with van der Waals surface area (Å²) in [4.78, 5) is 4.67. The number of benzene rings is 4. The topological polar surface area (TPSA) is 63.7 Å². The number of thiazole rings is 1. The Morgan fingerprint density at radius 3 is 2.41 bits per heavy atom. The Bertz CT molecular complexity index is 1780. The molecule has 6 rings (SSSR count). The Hall–Kier alpha value is -5.06. The molecule has 0 saturated carbocycles. The highest BCUT2D eigenvalue weighted by Gasteiger charge is 2.15. The summed E-state index contributed by atoms with van der Waals surface area (Å²) in [6.07, 6.45) is 3.77. The second-order valence-electron chi connectivity index (χ2n) is 8.81. The van der Waals surface area contributed by atoms with Gasteiger partial charge < -0.3 is 4.74 Å². The van der Waals surface area contributed by atoms with Crippen molar-refractivity contribution in [3.8, 4) is 28.8 Å². The van der Waals surface area contributed by atoms with Gasteiger partial charge in [0.05, 0.1) is 27.2 Å². The number of nitriles is 1. The quantitative estimate of drug-likeness (QED) is 0.197. The van der Waals surface area contributed by atoms with Crippen molar-refractivity contribution in [2.24, 2.45) is 0 Å². The van der Waals surface area contributed by atoms with Crippen LogP contribution in [0.25, 0.3) is 38.8 Å². The lowest BCUT2D eigenvalue weighted by molar-refractivity contribution is 0.306. The Kier molecular flexibility index (Phi) is 6.69. The summed E-state index contributed by atoms with van der Waals surface area (Å²) in [5.74, 6) is 0.417. The lowest BCUT2D eigenvalue weighted by Gasteiger charge is -2.07. The molecule has 2 aromatic heterocycles. The van der Waals surface area contributed by atoms with E-state index in [4.69, 9.17) is 9.84 Å². The number of allylic oxidation sites excluding steroid dienone is 1. The van der Waals surface area contributed by atoms with Crippen LogP contribution in [0, 0.1) is 17.1 Å². The molecule has 0 atom stereocenters. The van der Waals surface area contributed by atoms with E-state index >= 15 is 0 Å². The predicted molar refractivity (Wildman–Crippen MR) is 153 cm³/mol. The van der Waals surface area contributed by atoms with Crippen molar-refractivity contribution < 1.29 is 9.13 Å². The van der Waals surface area contributed by atoms with E-state index in [0.29, 0.717) is 22.9 Å². The largest absolute Gasteiger partial charge is 0.489 e. The molecule has 0 radical (unpaired) electrons. The molecule has 0 aliphatic carbocycles. The van der Waals surface area contributed by atoms with E-state index < -0.39 is 0 Å². The van der Waals surface area contributed by atoms with Gasteiger partial charge in [-0.1, -0.05) is 42.5 Å². The lowest BCUT2D eigenvalue weighted by atomic mass is 10.1. The van der Waals surface area contributed by atoms with Crippen LogP contribution >= 0.6 is 11.3 Å². The SMILES string of the molecule is N#C/C(=C/c1cn(-c2ccccc2)nc1-c1ccc(OCc2ccc(F)cc2)cc1)c1nc2ccccc2s1. The summed E-state index contributed by atoms with van der Waals surface area (Å²) in [6, 6.07) is 33.9. The minimum absolute atomic E-state index is 0.273. The van der Waals surface area contributed by atoms with E-state index in [1.165, 1.54) is 23.5 Å². The molecule has 0 bridgehead atoms. The van der Waals surface area contributed by atoms with Crippen LogP contribution in [0.2, 0.25) is 0 Å². The predicted octanol–water partition coefficient (Wildman–Crippen LogP) is 7.93. The average molecular weight is 529 g/mol. The number of hydrogen-bond donors (Lipinski definition) is 0. The Labute approximate surface area is 228 Å². The van der Waals surface area contributed by atoms with Crippen molar-refractivity contribution in [2.45, 2.75) is 6.61 Å². The van der Waals surface area contributed by atoms with Gasteiger partial charge in [-0.3, -0.25) is 0 Å². The minimum atomic E-state index is -0.273. The van der Waals surface area contributed by atoms with Crippen molar-refractivity contribution in [2.75, 3.05) is 0 Å². The number of aromatic nitrogens is 3. The third-order valence-corrected chi connectivity index (χ3v) is 7.22. The van der Waals surface area contributed by atoms with Gasteiger partial charge in [0.25, 0.3) is 0 Å². The number of hydrogen-bond acceptors (Lipinski definition) is 5. The lowest BCUT2D eigenvalue weighted by Crippen LogP contribution is -1.96. The molecular weight excluding hydrogens is 507 g/mol. The first-order chi connectivity index (χ1) is 19.2. The summed E-state index contributed by atoms with van der Waals surface area (Å²) in [7, 11) is 0. The standard InChI is InChI=1S/C32H21FN4OS/c33-26-14-10-22(11-15-26)21-38-28-16-12-23(13-17-28)31-25(20-37(36-31)27-6-2-1-3-7-27)18-24(19-34)32-35-29-8-4-5-9-30(29)39-32/h1-18,20H,21H2/b24-18-. The zero-order valence-electron chi connectivity index (χ0n) is 20.7. The molecule has 6 aromatic rings. The van der Waals surface area contributed by atoms with Gasteiger partial charge in [0.15, 0.2) is 0 Å². The first kappa shape index (κ1) is 24.3. The van der Waals surface area contributed by atoms with Crippen LogP contribution in [-0.2, 0) is 6.61 Å². The van der Waals surface area contributed by atoms with Gasteiger partial charge in [0.1, 0.15) is 29.3 Å². The number of nitrogens with zero attached hydrogens (tertiary/aromatic N) is 4. The third-order valence-electron chi connectivity index (χ3n) is 6.15. The number of ether oxygens (including phenoxy) is 1. The fourth-order valence-corrected chi connectivity index (χ4v) is 5.10. The summed E-state index contributed by atoms with van der Waals surface area (Å²) in [5, 5.41) is 15.6. The second-order valence-corrected chi connectivity index (χ2v) is 9.84. The van der Waals surface area contributed by atoms with Crippen molar-refractivity contribution >= 4 is 33.2 Å². The van der Waals surface area contributed by atoms with Crippen LogP contribution < -0.4 is 4.74 Å². The van der Waals surface area contributed by atoms with Crippen molar-refractivity contribution in [3.63, 3.8) is 0 Å². The molecule has 0 unspecified atom stereocenters. The van der Waals surface area contributed by atoms with Crippen molar-refractivity contribution in [3.05, 3.63) is 131 Å². The molecule has 2 heterocycles. The van der Waals surface area contributed by atoms with E-state index in [1.807, 2.05) is 95.8 Å². The van der Waals surface area contributed by atoms with Crippen LogP contribution in [0.5, 0.6) is 5.75 Å². The van der Waals surface area contributed by atoms with Crippen LogP contribution in [0.4, 0.5) is 4.39 Å². The van der Waals surface area contributed by atoms with Gasteiger partial charge in [0.2, 0.25) is 0 Å². The molecule has 0 spiro atoms. The first-order valence-corrected chi connectivity index (χ1v) is 13.1. The van der Waals surface area contributed by atoms with Gasteiger partial charge in [-0.15, -0.1) is 11.3 Å². The Balaban J connectivity index is 1.34. The fourth-order valence-electron chi connectivity index (χ4n) is 4.17. The van der Waals surface area contributed by atoms with Crippen LogP contribution in [0.3, 0.4) is 0 Å². The Morgan fingerprint density at radius 2 is 1.67 bits per heavy atom. The average Bonchev–Trinajstić information content (AvgIpc) is 3.61. The van der Waals surface area contributed by atoms with E-state index in [2.05, 4.69) is 11.1 Å². The fraction of sp³-hybridized carbons (Fsp3) is 0.0312. The Morgan fingerprint density at radius 1 is 0.923 bits per heavy atom. The van der Waals surface area contributed by atoms with Crippen molar-refractivity contribution in [1.29, 1.82) is 5.26 Å². The summed E-state index contributed by atoms with van der Waals surface area (Å²) in [5.41, 5.74) is 5.56. The molecule has 0 aliphatic rings. The first-order valence-electron chi connectivity index (χ1n) is 12.3. The number of halogens is 1. The van der Waals surface area contributed by atoms with E-state index in [0.717, 1.165) is 38.3 Å². The van der Waals surface area contributed by atoms with E-state index in [-0.39, 0.29) is 5.82 Å². The molecule has 188 valence electrons.